The number of allylic oxidation sites excluding steroid dienone is 4. The Balaban J connectivity index is 2.58. The lowest BCUT2D eigenvalue weighted by molar-refractivity contribution is -0.114. The van der Waals surface area contributed by atoms with Gasteiger partial charge in [-0.25, -0.2) is 0 Å². The van der Waals surface area contributed by atoms with Crippen LogP contribution in [0.4, 0.5) is 0 Å². The van der Waals surface area contributed by atoms with Crippen molar-refractivity contribution >= 4 is 12.1 Å². The summed E-state index contributed by atoms with van der Waals surface area (Å²) < 4.78 is 0. The second-order valence-electron chi connectivity index (χ2n) is 2.18. The van der Waals surface area contributed by atoms with Gasteiger partial charge in [0.2, 0.25) is 0 Å². The van der Waals surface area contributed by atoms with Crippen LogP contribution >= 0.6 is 0 Å². The Bertz CT molecular complexity index is 211. The molecule has 0 saturated heterocycles. The highest BCUT2D eigenvalue weighted by molar-refractivity contribution is 5.93. The average Bonchev–Trinajstić information content (AvgIpc) is 2.31. The zero-order valence-electron chi connectivity index (χ0n) is 5.54. The summed E-state index contributed by atoms with van der Waals surface area (Å²) in [5.74, 6) is 0.158. The van der Waals surface area contributed by atoms with Gasteiger partial charge in [0.05, 0.1) is 0 Å². The molecule has 0 aromatic carbocycles. The first-order valence-electron chi connectivity index (χ1n) is 3.18. The molecule has 2 nitrogen and oxygen atoms in total. The summed E-state index contributed by atoms with van der Waals surface area (Å²) in [6.45, 7) is 0. The first-order valence-corrected chi connectivity index (χ1v) is 3.18. The average molecular weight is 136 g/mol. The lowest BCUT2D eigenvalue weighted by Crippen LogP contribution is -1.80. The van der Waals surface area contributed by atoms with Gasteiger partial charge < -0.3 is 0 Å². The summed E-state index contributed by atoms with van der Waals surface area (Å²) in [4.78, 5) is 20.5. The van der Waals surface area contributed by atoms with Crippen LogP contribution in [0.25, 0.3) is 0 Å². The van der Waals surface area contributed by atoms with E-state index in [-0.39, 0.29) is 5.78 Å². The molecule has 0 aromatic heterocycles. The smallest absolute Gasteiger partial charge is 0.156 e. The molecule has 0 spiro atoms. The van der Waals surface area contributed by atoms with Crippen LogP contribution in [0.3, 0.4) is 0 Å². The van der Waals surface area contributed by atoms with E-state index < -0.39 is 0 Å². The first kappa shape index (κ1) is 6.93. The number of rotatable bonds is 2. The van der Waals surface area contributed by atoms with Crippen molar-refractivity contribution in [3.05, 3.63) is 23.8 Å². The van der Waals surface area contributed by atoms with Gasteiger partial charge >= 0.3 is 0 Å². The standard InChI is InChI=1S/C8H8O2/c9-5-1-2-7-3-4-8(10)6-7/h1-2,5-6H,3-4H2. The highest BCUT2D eigenvalue weighted by Gasteiger charge is 2.08. The monoisotopic (exact) mass is 136 g/mol. The van der Waals surface area contributed by atoms with E-state index in [2.05, 4.69) is 0 Å². The van der Waals surface area contributed by atoms with Crippen molar-refractivity contribution in [1.82, 2.24) is 0 Å². The molecule has 0 aliphatic heterocycles. The Hall–Kier alpha value is -1.18. The van der Waals surface area contributed by atoms with Crippen LogP contribution in [0, 0.1) is 0 Å². The van der Waals surface area contributed by atoms with Gasteiger partial charge in [-0.3, -0.25) is 9.59 Å². The fraction of sp³-hybridized carbons (Fsp3) is 0.250. The van der Waals surface area contributed by atoms with E-state index >= 15 is 0 Å². The number of ketones is 1. The van der Waals surface area contributed by atoms with Gasteiger partial charge in [0.15, 0.2) is 5.78 Å². The molecule has 0 atom stereocenters. The van der Waals surface area contributed by atoms with Crippen LogP contribution in [0.2, 0.25) is 0 Å². The van der Waals surface area contributed by atoms with Gasteiger partial charge in [-0.1, -0.05) is 6.08 Å². The molecule has 0 N–H and O–H groups in total. The summed E-state index contributed by atoms with van der Waals surface area (Å²) in [5, 5.41) is 0. The van der Waals surface area contributed by atoms with Crippen molar-refractivity contribution in [2.24, 2.45) is 0 Å². The largest absolute Gasteiger partial charge is 0.299 e. The van der Waals surface area contributed by atoms with E-state index in [0.717, 1.165) is 12.0 Å². The highest BCUT2D eigenvalue weighted by atomic mass is 16.1. The zero-order chi connectivity index (χ0) is 7.40. The molecule has 0 radical (unpaired) electrons. The van der Waals surface area contributed by atoms with Gasteiger partial charge in [0.1, 0.15) is 6.29 Å². The van der Waals surface area contributed by atoms with E-state index in [1.807, 2.05) is 0 Å². The summed E-state index contributed by atoms with van der Waals surface area (Å²) in [6, 6.07) is 0. The zero-order valence-corrected chi connectivity index (χ0v) is 5.54. The van der Waals surface area contributed by atoms with E-state index in [4.69, 9.17) is 0 Å². The molecule has 1 aliphatic rings. The molecule has 0 saturated carbocycles. The van der Waals surface area contributed by atoms with E-state index in [1.54, 1.807) is 12.2 Å². The molecule has 0 bridgehead atoms. The molecule has 0 aromatic rings. The second-order valence-corrected chi connectivity index (χ2v) is 2.18. The Kier molecular flexibility index (Phi) is 2.15. The fourth-order valence-electron chi connectivity index (χ4n) is 0.913. The number of hydrogen-bond acceptors (Lipinski definition) is 2. The summed E-state index contributed by atoms with van der Waals surface area (Å²) in [7, 11) is 0. The maximum Gasteiger partial charge on any atom is 0.156 e. The molecule has 0 heterocycles. The van der Waals surface area contributed by atoms with Crippen molar-refractivity contribution in [1.29, 1.82) is 0 Å². The lowest BCUT2D eigenvalue weighted by Gasteiger charge is -1.84. The Morgan fingerprint density at radius 2 is 2.20 bits per heavy atom. The lowest BCUT2D eigenvalue weighted by atomic mass is 10.2. The molecular weight excluding hydrogens is 128 g/mol. The summed E-state index contributed by atoms with van der Waals surface area (Å²) in [5.41, 5.74) is 0.956. The van der Waals surface area contributed by atoms with Crippen LogP contribution in [0.15, 0.2) is 23.8 Å². The van der Waals surface area contributed by atoms with Gasteiger partial charge in [0, 0.05) is 6.42 Å². The Labute approximate surface area is 59.2 Å². The third-order valence-electron chi connectivity index (χ3n) is 1.40. The molecule has 0 amide bonds. The van der Waals surface area contributed by atoms with Gasteiger partial charge in [-0.15, -0.1) is 0 Å². The quantitative estimate of drug-likeness (QED) is 0.419. The normalized spacial score (nSPS) is 18.0. The van der Waals surface area contributed by atoms with Crippen molar-refractivity contribution in [2.75, 3.05) is 0 Å². The van der Waals surface area contributed by atoms with Crippen LogP contribution in [0.5, 0.6) is 0 Å². The van der Waals surface area contributed by atoms with Crippen molar-refractivity contribution in [2.45, 2.75) is 12.8 Å². The van der Waals surface area contributed by atoms with Crippen LogP contribution in [-0.4, -0.2) is 12.1 Å². The van der Waals surface area contributed by atoms with Crippen LogP contribution in [-0.2, 0) is 9.59 Å². The molecule has 0 unspecified atom stereocenters. The van der Waals surface area contributed by atoms with Gasteiger partial charge in [-0.05, 0) is 24.1 Å². The molecule has 2 heteroatoms. The van der Waals surface area contributed by atoms with Crippen LogP contribution < -0.4 is 0 Å². The molecule has 0 fully saturated rings. The van der Waals surface area contributed by atoms with E-state index in [0.29, 0.717) is 12.7 Å². The van der Waals surface area contributed by atoms with Gasteiger partial charge in [-0.2, -0.15) is 0 Å². The number of carbonyl (C=O) groups excluding carboxylic acids is 2. The van der Waals surface area contributed by atoms with E-state index in [1.165, 1.54) is 6.08 Å². The van der Waals surface area contributed by atoms with Crippen molar-refractivity contribution in [3.8, 4) is 0 Å². The number of aldehydes is 1. The molecule has 10 heavy (non-hydrogen) atoms. The fourth-order valence-corrected chi connectivity index (χ4v) is 0.913. The second kappa shape index (κ2) is 3.11. The number of carbonyl (C=O) groups is 2. The minimum absolute atomic E-state index is 0.158. The highest BCUT2D eigenvalue weighted by Crippen LogP contribution is 2.15. The van der Waals surface area contributed by atoms with Crippen LogP contribution in [0.1, 0.15) is 12.8 Å². The Morgan fingerprint density at radius 1 is 1.40 bits per heavy atom. The predicted molar refractivity (Wildman–Crippen MR) is 37.5 cm³/mol. The third kappa shape index (κ3) is 1.65. The third-order valence-corrected chi connectivity index (χ3v) is 1.40. The molecule has 1 aliphatic carbocycles. The summed E-state index contributed by atoms with van der Waals surface area (Å²) >= 11 is 0. The van der Waals surface area contributed by atoms with Crippen molar-refractivity contribution in [3.63, 3.8) is 0 Å². The topological polar surface area (TPSA) is 34.1 Å². The minimum atomic E-state index is 0.158. The molecular formula is C8H8O2. The predicted octanol–water partition coefficient (Wildman–Crippen LogP) is 1.03. The maximum atomic E-state index is 10.6. The van der Waals surface area contributed by atoms with Crippen molar-refractivity contribution < 1.29 is 9.59 Å². The molecule has 1 rings (SSSR count). The Morgan fingerprint density at radius 3 is 2.70 bits per heavy atom. The first-order chi connectivity index (χ1) is 4.83. The molecule has 52 valence electrons. The SMILES string of the molecule is O=CC=CC1=CC(=O)CC1. The minimum Gasteiger partial charge on any atom is -0.299 e. The maximum absolute atomic E-state index is 10.6. The summed E-state index contributed by atoms with van der Waals surface area (Å²) in [6.07, 6.45) is 6.76. The number of hydrogen-bond donors (Lipinski definition) is 0. The van der Waals surface area contributed by atoms with Gasteiger partial charge in [0.25, 0.3) is 0 Å². The van der Waals surface area contributed by atoms with E-state index in [9.17, 15) is 9.59 Å².